The van der Waals surface area contributed by atoms with Crippen molar-refractivity contribution in [2.75, 3.05) is 14.2 Å². The Morgan fingerprint density at radius 2 is 1.94 bits per heavy atom. The van der Waals surface area contributed by atoms with Crippen molar-refractivity contribution in [1.82, 2.24) is 5.32 Å². The molecule has 1 aromatic carbocycles. The maximum atomic E-state index is 5.28. The fourth-order valence-electron chi connectivity index (χ4n) is 2.61. The van der Waals surface area contributed by atoms with Gasteiger partial charge in [0.25, 0.3) is 0 Å². The summed E-state index contributed by atoms with van der Waals surface area (Å²) < 4.78 is 5.28. The van der Waals surface area contributed by atoms with Gasteiger partial charge in [0.1, 0.15) is 5.75 Å². The van der Waals surface area contributed by atoms with Gasteiger partial charge in [-0.3, -0.25) is 0 Å². The molecule has 1 fully saturated rings. The average Bonchev–Trinajstić information content (AvgIpc) is 2.39. The summed E-state index contributed by atoms with van der Waals surface area (Å²) in [6, 6.07) is 9.25. The molecular formula is C14H21NO. The average molecular weight is 219 g/mol. The van der Waals surface area contributed by atoms with E-state index in [4.69, 9.17) is 4.74 Å². The minimum Gasteiger partial charge on any atom is -0.497 e. The lowest BCUT2D eigenvalue weighted by Crippen LogP contribution is -2.29. The monoisotopic (exact) mass is 219 g/mol. The molecule has 0 aromatic heterocycles. The molecule has 16 heavy (non-hydrogen) atoms. The van der Waals surface area contributed by atoms with Gasteiger partial charge in [-0.25, -0.2) is 0 Å². The van der Waals surface area contributed by atoms with Gasteiger partial charge in [0.2, 0.25) is 0 Å². The minimum atomic E-state index is 0.722. The molecular weight excluding hydrogens is 198 g/mol. The molecule has 0 atom stereocenters. The molecule has 1 saturated carbocycles. The van der Waals surface area contributed by atoms with Crippen LogP contribution in [0.4, 0.5) is 0 Å². The van der Waals surface area contributed by atoms with Gasteiger partial charge in [0, 0.05) is 6.04 Å². The Morgan fingerprint density at radius 1 is 1.19 bits per heavy atom. The van der Waals surface area contributed by atoms with E-state index in [1.54, 1.807) is 7.11 Å². The van der Waals surface area contributed by atoms with Crippen molar-refractivity contribution in [1.29, 1.82) is 0 Å². The zero-order valence-electron chi connectivity index (χ0n) is 10.2. The van der Waals surface area contributed by atoms with Gasteiger partial charge in [0.15, 0.2) is 0 Å². The number of hydrogen-bond donors (Lipinski definition) is 1. The largest absolute Gasteiger partial charge is 0.497 e. The highest BCUT2D eigenvalue weighted by Crippen LogP contribution is 2.33. The Bertz CT molecular complexity index is 329. The number of nitrogens with one attached hydrogen (secondary N) is 1. The second-order valence-corrected chi connectivity index (χ2v) is 4.61. The quantitative estimate of drug-likeness (QED) is 0.844. The van der Waals surface area contributed by atoms with Crippen molar-refractivity contribution in [2.45, 2.75) is 37.6 Å². The number of methoxy groups -OCH3 is 1. The summed E-state index contributed by atoms with van der Waals surface area (Å²) in [5.41, 5.74) is 1.44. The van der Waals surface area contributed by atoms with E-state index in [0.29, 0.717) is 0 Å². The van der Waals surface area contributed by atoms with Crippen molar-refractivity contribution in [2.24, 2.45) is 0 Å². The van der Waals surface area contributed by atoms with Crippen LogP contribution in [-0.4, -0.2) is 20.2 Å². The third-order valence-electron chi connectivity index (χ3n) is 3.70. The zero-order chi connectivity index (χ0) is 11.4. The molecule has 0 unspecified atom stereocenters. The summed E-state index contributed by atoms with van der Waals surface area (Å²) in [4.78, 5) is 0. The molecule has 1 N–H and O–H groups in total. The molecule has 0 heterocycles. The van der Waals surface area contributed by atoms with E-state index < -0.39 is 0 Å². The van der Waals surface area contributed by atoms with Crippen LogP contribution in [-0.2, 0) is 0 Å². The Hall–Kier alpha value is -1.02. The third kappa shape index (κ3) is 2.56. The first-order chi connectivity index (χ1) is 7.83. The SMILES string of the molecule is CNC1CCC(c2cccc(OC)c2)CC1. The van der Waals surface area contributed by atoms with Crippen LogP contribution >= 0.6 is 0 Å². The summed E-state index contributed by atoms with van der Waals surface area (Å²) in [5, 5.41) is 3.37. The normalized spacial score (nSPS) is 25.4. The van der Waals surface area contributed by atoms with Crippen molar-refractivity contribution >= 4 is 0 Å². The summed E-state index contributed by atoms with van der Waals surface area (Å²) >= 11 is 0. The van der Waals surface area contributed by atoms with Gasteiger partial charge >= 0.3 is 0 Å². The summed E-state index contributed by atoms with van der Waals surface area (Å²) in [7, 11) is 3.80. The molecule has 1 aliphatic rings. The van der Waals surface area contributed by atoms with Crippen LogP contribution in [0.5, 0.6) is 5.75 Å². The fraction of sp³-hybridized carbons (Fsp3) is 0.571. The number of ether oxygens (including phenoxy) is 1. The van der Waals surface area contributed by atoms with Crippen LogP contribution in [0.3, 0.4) is 0 Å². The van der Waals surface area contributed by atoms with Gasteiger partial charge in [0.05, 0.1) is 7.11 Å². The van der Waals surface area contributed by atoms with Crippen molar-refractivity contribution < 1.29 is 4.74 Å². The molecule has 2 nitrogen and oxygen atoms in total. The van der Waals surface area contributed by atoms with E-state index in [-0.39, 0.29) is 0 Å². The zero-order valence-corrected chi connectivity index (χ0v) is 10.2. The second kappa shape index (κ2) is 5.35. The highest BCUT2D eigenvalue weighted by Gasteiger charge is 2.21. The first kappa shape index (κ1) is 11.5. The van der Waals surface area contributed by atoms with Gasteiger partial charge in [-0.15, -0.1) is 0 Å². The third-order valence-corrected chi connectivity index (χ3v) is 3.70. The molecule has 0 amide bonds. The fourth-order valence-corrected chi connectivity index (χ4v) is 2.61. The Morgan fingerprint density at radius 3 is 2.56 bits per heavy atom. The molecule has 2 rings (SSSR count). The van der Waals surface area contributed by atoms with E-state index in [0.717, 1.165) is 17.7 Å². The molecule has 0 saturated heterocycles. The molecule has 88 valence electrons. The van der Waals surface area contributed by atoms with Crippen molar-refractivity contribution in [3.05, 3.63) is 29.8 Å². The first-order valence-electron chi connectivity index (χ1n) is 6.14. The molecule has 2 heteroatoms. The standard InChI is InChI=1S/C14H21NO/c1-15-13-8-6-11(7-9-13)12-4-3-5-14(10-12)16-2/h3-5,10-11,13,15H,6-9H2,1-2H3. The second-order valence-electron chi connectivity index (χ2n) is 4.61. The van der Waals surface area contributed by atoms with Crippen LogP contribution < -0.4 is 10.1 Å². The van der Waals surface area contributed by atoms with Crippen LogP contribution in [0, 0.1) is 0 Å². The van der Waals surface area contributed by atoms with Gasteiger partial charge in [-0.1, -0.05) is 12.1 Å². The Kier molecular flexibility index (Phi) is 3.83. The van der Waals surface area contributed by atoms with Crippen LogP contribution in [0.1, 0.15) is 37.2 Å². The first-order valence-corrected chi connectivity index (χ1v) is 6.14. The predicted octanol–water partition coefficient (Wildman–Crippen LogP) is 2.94. The van der Waals surface area contributed by atoms with Gasteiger partial charge in [-0.05, 0) is 56.3 Å². The Labute approximate surface area is 98.0 Å². The summed E-state index contributed by atoms with van der Waals surface area (Å²) in [6.45, 7) is 0. The van der Waals surface area contributed by atoms with Gasteiger partial charge in [-0.2, -0.15) is 0 Å². The number of rotatable bonds is 3. The molecule has 1 aliphatic carbocycles. The van der Waals surface area contributed by atoms with Crippen LogP contribution in [0.15, 0.2) is 24.3 Å². The molecule has 1 aromatic rings. The minimum absolute atomic E-state index is 0.722. The van der Waals surface area contributed by atoms with E-state index in [1.807, 2.05) is 6.07 Å². The molecule has 0 bridgehead atoms. The van der Waals surface area contributed by atoms with Gasteiger partial charge < -0.3 is 10.1 Å². The van der Waals surface area contributed by atoms with E-state index >= 15 is 0 Å². The highest BCUT2D eigenvalue weighted by atomic mass is 16.5. The molecule has 0 radical (unpaired) electrons. The van der Waals surface area contributed by atoms with Crippen molar-refractivity contribution in [3.8, 4) is 5.75 Å². The number of benzene rings is 1. The van der Waals surface area contributed by atoms with Crippen LogP contribution in [0.2, 0.25) is 0 Å². The van der Waals surface area contributed by atoms with E-state index in [1.165, 1.54) is 31.2 Å². The predicted molar refractivity (Wildman–Crippen MR) is 67.1 cm³/mol. The smallest absolute Gasteiger partial charge is 0.119 e. The van der Waals surface area contributed by atoms with E-state index in [2.05, 4.69) is 30.6 Å². The Balaban J connectivity index is 2.02. The highest BCUT2D eigenvalue weighted by molar-refractivity contribution is 5.31. The van der Waals surface area contributed by atoms with Crippen molar-refractivity contribution in [3.63, 3.8) is 0 Å². The topological polar surface area (TPSA) is 21.3 Å². The van der Waals surface area contributed by atoms with E-state index in [9.17, 15) is 0 Å². The van der Waals surface area contributed by atoms with Crippen LogP contribution in [0.25, 0.3) is 0 Å². The maximum Gasteiger partial charge on any atom is 0.119 e. The molecule has 0 aliphatic heterocycles. The lowest BCUT2D eigenvalue weighted by molar-refractivity contribution is 0.357. The summed E-state index contributed by atoms with van der Waals surface area (Å²) in [6.07, 6.45) is 5.16. The summed E-state index contributed by atoms with van der Waals surface area (Å²) in [5.74, 6) is 1.70. The molecule has 0 spiro atoms. The lowest BCUT2D eigenvalue weighted by Gasteiger charge is -2.28. The maximum absolute atomic E-state index is 5.28. The number of hydrogen-bond acceptors (Lipinski definition) is 2. The lowest BCUT2D eigenvalue weighted by atomic mass is 9.82.